The van der Waals surface area contributed by atoms with E-state index < -0.39 is 12.1 Å². The number of aromatic carboxylic acids is 1. The number of likely N-dealkylation sites (N-methyl/N-ethyl adjacent to an activating group) is 1. The van der Waals surface area contributed by atoms with Crippen LogP contribution in [0.3, 0.4) is 0 Å². The van der Waals surface area contributed by atoms with Crippen LogP contribution in [0.4, 0.5) is 0 Å². The van der Waals surface area contributed by atoms with Gasteiger partial charge < -0.3 is 25.0 Å². The van der Waals surface area contributed by atoms with Crippen LogP contribution in [0.2, 0.25) is 0 Å². The zero-order chi connectivity index (χ0) is 21.0. The smallest absolute Gasteiger partial charge is 0.337 e. The minimum atomic E-state index is -0.942. The fourth-order valence-electron chi connectivity index (χ4n) is 5.73. The number of rotatable bonds is 1. The number of piperidine rings is 1. The van der Waals surface area contributed by atoms with Crippen molar-refractivity contribution in [1.82, 2.24) is 9.88 Å². The number of aromatic hydroxyl groups is 1. The number of nitrogens with zero attached hydrogens (tertiary/aromatic N) is 2. The number of phenols is 1. The average molecular weight is 408 g/mol. The molecule has 5 atom stereocenters. The molecule has 1 fully saturated rings. The molecule has 0 unspecified atom stereocenters. The highest BCUT2D eigenvalue weighted by molar-refractivity contribution is 5.86. The van der Waals surface area contributed by atoms with Gasteiger partial charge in [-0.25, -0.2) is 4.79 Å². The highest BCUT2D eigenvalue weighted by Gasteiger charge is 2.64. The largest absolute Gasteiger partial charge is 0.504 e. The van der Waals surface area contributed by atoms with E-state index in [1.165, 1.54) is 29.6 Å². The van der Waals surface area contributed by atoms with Gasteiger partial charge >= 0.3 is 5.97 Å². The van der Waals surface area contributed by atoms with Gasteiger partial charge in [0.1, 0.15) is 12.2 Å². The molecule has 30 heavy (non-hydrogen) atoms. The Hall–Kier alpha value is -2.90. The van der Waals surface area contributed by atoms with Gasteiger partial charge in [0.15, 0.2) is 11.5 Å². The van der Waals surface area contributed by atoms with E-state index in [1.807, 2.05) is 12.1 Å². The summed E-state index contributed by atoms with van der Waals surface area (Å²) in [7, 11) is 2.19. The van der Waals surface area contributed by atoms with Gasteiger partial charge in [-0.3, -0.25) is 4.98 Å². The second-order valence-corrected chi connectivity index (χ2v) is 8.48. The number of likely N-dealkylation sites (tertiary alicyclic amines) is 1. The summed E-state index contributed by atoms with van der Waals surface area (Å²) >= 11 is 0. The van der Waals surface area contributed by atoms with Crippen LogP contribution in [0.1, 0.15) is 27.9 Å². The molecule has 0 amide bonds. The fourth-order valence-corrected chi connectivity index (χ4v) is 5.73. The molecule has 3 heterocycles. The van der Waals surface area contributed by atoms with Crippen LogP contribution in [-0.4, -0.2) is 63.0 Å². The number of hydrogen-bond acceptors (Lipinski definition) is 6. The van der Waals surface area contributed by atoms with Crippen LogP contribution >= 0.6 is 0 Å². The summed E-state index contributed by atoms with van der Waals surface area (Å²) in [6.45, 7) is 1.01. The van der Waals surface area contributed by atoms with E-state index >= 15 is 0 Å². The molecule has 2 bridgehead atoms. The van der Waals surface area contributed by atoms with Crippen LogP contribution in [0, 0.1) is 5.92 Å². The second kappa shape index (κ2) is 6.82. The molecule has 0 radical (unpaired) electrons. The lowest BCUT2D eigenvalue weighted by Crippen LogP contribution is -2.64. The maximum Gasteiger partial charge on any atom is 0.337 e. The Bertz CT molecular complexity index is 1020. The first-order chi connectivity index (χ1) is 14.4. The summed E-state index contributed by atoms with van der Waals surface area (Å²) in [6, 6.07) is 7.31. The Morgan fingerprint density at radius 1 is 1.30 bits per heavy atom. The van der Waals surface area contributed by atoms with Gasteiger partial charge in [-0.1, -0.05) is 18.2 Å². The first kappa shape index (κ1) is 19.1. The van der Waals surface area contributed by atoms with Crippen LogP contribution in [0.15, 0.2) is 48.8 Å². The van der Waals surface area contributed by atoms with E-state index in [0.717, 1.165) is 19.4 Å². The van der Waals surface area contributed by atoms with Crippen molar-refractivity contribution in [3.63, 3.8) is 0 Å². The van der Waals surface area contributed by atoms with Crippen molar-refractivity contribution in [2.75, 3.05) is 13.6 Å². The lowest BCUT2D eigenvalue weighted by molar-refractivity contribution is -0.0453. The highest BCUT2D eigenvalue weighted by atomic mass is 16.5. The molecule has 2 aliphatic carbocycles. The quantitative estimate of drug-likeness (QED) is 0.620. The molecule has 2 aliphatic heterocycles. The maximum atomic E-state index is 10.4. The number of hydrogen-bond donors (Lipinski definition) is 3. The number of aliphatic hydroxyl groups excluding tert-OH is 1. The second-order valence-electron chi connectivity index (χ2n) is 8.48. The number of phenolic OH excluding ortho intramolecular Hbond substituents is 1. The van der Waals surface area contributed by atoms with Gasteiger partial charge in [-0.15, -0.1) is 0 Å². The van der Waals surface area contributed by atoms with E-state index in [9.17, 15) is 15.0 Å². The molecule has 1 aromatic carbocycles. The molecule has 156 valence electrons. The zero-order valence-corrected chi connectivity index (χ0v) is 16.6. The van der Waals surface area contributed by atoms with Crippen molar-refractivity contribution >= 4 is 5.97 Å². The first-order valence-corrected chi connectivity index (χ1v) is 10.2. The number of carbonyl (C=O) groups is 1. The standard InChI is InChI=1S/C17H19NO3.C6H5NO2/c1-18-7-6-17-10-3-5-13(20)16(17)21-15-12(19)4-2-9(14(15)17)8-11(10)18;8-6(9)5-2-1-3-7-4-5/h2-5,10-11,13,16,19-20H,6-8H2,1H3;1-4H,(H,8,9)/t10-,11+,13-,16-,17-;/m0./s1. The molecule has 0 saturated carbocycles. The minimum Gasteiger partial charge on any atom is -0.504 e. The van der Waals surface area contributed by atoms with E-state index in [1.54, 1.807) is 12.1 Å². The molecule has 1 aromatic heterocycles. The van der Waals surface area contributed by atoms with Gasteiger partial charge in [-0.05, 0) is 50.2 Å². The van der Waals surface area contributed by atoms with Crippen molar-refractivity contribution in [3.05, 3.63) is 65.5 Å². The number of pyridine rings is 1. The Morgan fingerprint density at radius 3 is 2.83 bits per heavy atom. The predicted octanol–water partition coefficient (Wildman–Crippen LogP) is 1.98. The lowest BCUT2D eigenvalue weighted by Gasteiger charge is -2.56. The molecule has 1 saturated heterocycles. The Kier molecular flexibility index (Phi) is 4.34. The first-order valence-electron chi connectivity index (χ1n) is 10.2. The molecule has 3 N–H and O–H groups in total. The number of carboxylic acid groups (broad SMARTS) is 1. The van der Waals surface area contributed by atoms with E-state index in [2.05, 4.69) is 23.0 Å². The van der Waals surface area contributed by atoms with Gasteiger partial charge in [0.2, 0.25) is 0 Å². The summed E-state index contributed by atoms with van der Waals surface area (Å²) in [5.41, 5.74) is 2.51. The van der Waals surface area contributed by atoms with Crippen molar-refractivity contribution in [1.29, 1.82) is 0 Å². The van der Waals surface area contributed by atoms with E-state index in [-0.39, 0.29) is 22.8 Å². The molecule has 7 heteroatoms. The van der Waals surface area contributed by atoms with Crippen LogP contribution in [-0.2, 0) is 11.8 Å². The highest BCUT2D eigenvalue weighted by Crippen LogP contribution is 2.62. The molecule has 2 aromatic rings. The third kappa shape index (κ3) is 2.58. The van der Waals surface area contributed by atoms with Gasteiger partial charge in [0.05, 0.1) is 5.56 Å². The minimum absolute atomic E-state index is 0.160. The summed E-state index contributed by atoms with van der Waals surface area (Å²) in [6.07, 6.45) is 8.02. The predicted molar refractivity (Wildman–Crippen MR) is 109 cm³/mol. The summed E-state index contributed by atoms with van der Waals surface area (Å²) in [5, 5.41) is 29.0. The Morgan fingerprint density at radius 2 is 2.13 bits per heavy atom. The normalized spacial score (nSPS) is 32.5. The maximum absolute atomic E-state index is 10.4. The number of aromatic nitrogens is 1. The van der Waals surface area contributed by atoms with Crippen molar-refractivity contribution < 1.29 is 24.9 Å². The van der Waals surface area contributed by atoms with Crippen LogP contribution < -0.4 is 4.74 Å². The molecule has 7 nitrogen and oxygen atoms in total. The third-order valence-electron chi connectivity index (χ3n) is 7.06. The van der Waals surface area contributed by atoms with Crippen molar-refractivity contribution in [3.8, 4) is 11.5 Å². The van der Waals surface area contributed by atoms with Gasteiger partial charge in [0, 0.05) is 35.3 Å². The monoisotopic (exact) mass is 408 g/mol. The number of aliphatic hydroxyl groups is 1. The summed E-state index contributed by atoms with van der Waals surface area (Å²) in [4.78, 5) is 16.2. The van der Waals surface area contributed by atoms with E-state index in [4.69, 9.17) is 9.84 Å². The molecular formula is C23H24N2O5. The van der Waals surface area contributed by atoms with Gasteiger partial charge in [-0.2, -0.15) is 0 Å². The molecule has 1 spiro atoms. The SMILES string of the molecule is CN1CC[C@]23c4c5ccc(O)c4O[C@H]2[C@@H](O)C=C[C@H]3[C@H]1C5.O=C(O)c1cccnc1. The molecule has 6 rings (SSSR count). The summed E-state index contributed by atoms with van der Waals surface area (Å²) in [5.74, 6) is 0.248. The lowest BCUT2D eigenvalue weighted by atomic mass is 9.53. The summed E-state index contributed by atoms with van der Waals surface area (Å²) < 4.78 is 6.09. The topological polar surface area (TPSA) is 103 Å². The molecule has 4 aliphatic rings. The van der Waals surface area contributed by atoms with Crippen molar-refractivity contribution in [2.24, 2.45) is 5.92 Å². The Labute approximate surface area is 174 Å². The van der Waals surface area contributed by atoms with Crippen LogP contribution in [0.5, 0.6) is 11.5 Å². The van der Waals surface area contributed by atoms with Crippen LogP contribution in [0.25, 0.3) is 0 Å². The molecular weight excluding hydrogens is 384 g/mol. The fraction of sp³-hybridized carbons (Fsp3) is 0.391. The van der Waals surface area contributed by atoms with Crippen molar-refractivity contribution in [2.45, 2.75) is 36.5 Å². The van der Waals surface area contributed by atoms with E-state index in [0.29, 0.717) is 17.7 Å². The van der Waals surface area contributed by atoms with Gasteiger partial charge in [0.25, 0.3) is 0 Å². The average Bonchev–Trinajstić information content (AvgIpc) is 3.11. The number of ether oxygens (including phenoxy) is 1. The number of carboxylic acids is 1. The zero-order valence-electron chi connectivity index (χ0n) is 16.6. The third-order valence-corrected chi connectivity index (χ3v) is 7.06. The number of benzene rings is 1. The Balaban J connectivity index is 0.000000182.